The molecule has 9 nitrogen and oxygen atoms in total. The second-order valence-corrected chi connectivity index (χ2v) is 9.56. The molecular weight excluding hydrogens is 477 g/mol. The number of fused-ring (bicyclic) bond motifs is 3. The number of alkyl halides is 3. The lowest BCUT2D eigenvalue weighted by molar-refractivity contribution is -0.192. The van der Waals surface area contributed by atoms with Crippen LogP contribution < -0.4 is 5.32 Å². The van der Waals surface area contributed by atoms with E-state index in [9.17, 15) is 18.0 Å². The van der Waals surface area contributed by atoms with Crippen LogP contribution in [0.15, 0.2) is 18.2 Å². The molecule has 2 amide bonds. The molecule has 0 atom stereocenters. The Morgan fingerprint density at radius 2 is 1.85 bits per heavy atom. The number of carboxylic acid groups (broad SMARTS) is 1. The molecule has 1 spiro atoms. The molecule has 0 bridgehead atoms. The molecule has 5 rings (SSSR count). The average molecular weight is 501 g/mol. The van der Waals surface area contributed by atoms with E-state index in [1.165, 1.54) is 0 Å². The standard InChI is InChI=1S/C19H23ClN6O.C2HF3O2/c1-24(2)18(27)25-8-12-5-14(20)3-4-15(12)26-16(9-25)22-23-17(26)13-6-19(7-13)10-21-11-19;3-2(4,5)1(6)7/h3-5,13,21H,6-11H2,1-2H3;(H,6,7). The maximum atomic E-state index is 12.6. The summed E-state index contributed by atoms with van der Waals surface area (Å²) in [7, 11) is 3.53. The Labute approximate surface area is 198 Å². The third kappa shape index (κ3) is 4.56. The first kappa shape index (κ1) is 24.3. The number of carbonyl (C=O) groups is 2. The lowest BCUT2D eigenvalue weighted by Crippen LogP contribution is -2.59. The zero-order valence-electron chi connectivity index (χ0n) is 18.6. The summed E-state index contributed by atoms with van der Waals surface area (Å²) in [4.78, 5) is 24.9. The number of nitrogens with zero attached hydrogens (tertiary/aromatic N) is 5. The third-order valence-electron chi connectivity index (χ3n) is 6.35. The van der Waals surface area contributed by atoms with Crippen molar-refractivity contribution in [1.29, 1.82) is 0 Å². The van der Waals surface area contributed by atoms with Crippen LogP contribution in [0.25, 0.3) is 5.69 Å². The summed E-state index contributed by atoms with van der Waals surface area (Å²) in [5.41, 5.74) is 2.53. The van der Waals surface area contributed by atoms with Crippen LogP contribution in [0, 0.1) is 5.41 Å². The van der Waals surface area contributed by atoms with Gasteiger partial charge in [-0.1, -0.05) is 11.6 Å². The van der Waals surface area contributed by atoms with E-state index in [2.05, 4.69) is 20.1 Å². The number of benzene rings is 1. The highest BCUT2D eigenvalue weighted by Gasteiger charge is 2.50. The summed E-state index contributed by atoms with van der Waals surface area (Å²) in [6.45, 7) is 3.17. The van der Waals surface area contributed by atoms with E-state index in [0.717, 1.165) is 48.8 Å². The predicted octanol–water partition coefficient (Wildman–Crippen LogP) is 3.02. The van der Waals surface area contributed by atoms with Crippen molar-refractivity contribution < 1.29 is 27.9 Å². The molecule has 0 unspecified atom stereocenters. The smallest absolute Gasteiger partial charge is 0.475 e. The molecule has 2 aliphatic heterocycles. The van der Waals surface area contributed by atoms with Gasteiger partial charge in [-0.2, -0.15) is 13.2 Å². The summed E-state index contributed by atoms with van der Waals surface area (Å²) in [6, 6.07) is 5.83. The first-order valence-corrected chi connectivity index (χ1v) is 11.0. The van der Waals surface area contributed by atoms with Crippen LogP contribution in [0.4, 0.5) is 18.0 Å². The fraction of sp³-hybridized carbons (Fsp3) is 0.524. The van der Waals surface area contributed by atoms with Crippen LogP contribution in [0.2, 0.25) is 5.02 Å². The van der Waals surface area contributed by atoms with Gasteiger partial charge in [-0.25, -0.2) is 9.59 Å². The Kier molecular flexibility index (Phi) is 6.23. The topological polar surface area (TPSA) is 104 Å². The average Bonchev–Trinajstić information content (AvgIpc) is 3.00. The lowest BCUT2D eigenvalue weighted by atomic mass is 9.58. The van der Waals surface area contributed by atoms with Crippen molar-refractivity contribution in [2.75, 3.05) is 27.2 Å². The van der Waals surface area contributed by atoms with E-state index in [4.69, 9.17) is 21.5 Å². The van der Waals surface area contributed by atoms with Gasteiger partial charge in [-0.15, -0.1) is 10.2 Å². The molecule has 1 aromatic heterocycles. The number of rotatable bonds is 1. The Hall–Kier alpha value is -2.86. The Morgan fingerprint density at radius 1 is 1.21 bits per heavy atom. The molecule has 1 aromatic carbocycles. The number of urea groups is 1. The highest BCUT2D eigenvalue weighted by atomic mass is 35.5. The molecule has 2 fully saturated rings. The molecule has 1 saturated heterocycles. The Bertz CT molecular complexity index is 1110. The van der Waals surface area contributed by atoms with Crippen LogP contribution in [0.3, 0.4) is 0 Å². The van der Waals surface area contributed by atoms with Crippen molar-refractivity contribution >= 4 is 23.6 Å². The number of hydrogen-bond acceptors (Lipinski definition) is 5. The fourth-order valence-corrected chi connectivity index (χ4v) is 4.84. The van der Waals surface area contributed by atoms with Gasteiger partial charge in [0.2, 0.25) is 0 Å². The van der Waals surface area contributed by atoms with Gasteiger partial charge >= 0.3 is 18.2 Å². The number of carbonyl (C=O) groups excluding carboxylic acids is 1. The number of halogens is 4. The summed E-state index contributed by atoms with van der Waals surface area (Å²) < 4.78 is 33.9. The number of carboxylic acids is 1. The number of hydrogen-bond donors (Lipinski definition) is 2. The summed E-state index contributed by atoms with van der Waals surface area (Å²) >= 11 is 6.26. The van der Waals surface area contributed by atoms with E-state index in [-0.39, 0.29) is 6.03 Å². The zero-order chi connectivity index (χ0) is 24.8. The second-order valence-electron chi connectivity index (χ2n) is 9.13. The van der Waals surface area contributed by atoms with Crippen molar-refractivity contribution in [2.45, 2.75) is 38.0 Å². The summed E-state index contributed by atoms with van der Waals surface area (Å²) in [6.07, 6.45) is -2.78. The third-order valence-corrected chi connectivity index (χ3v) is 6.59. The Balaban J connectivity index is 0.000000344. The monoisotopic (exact) mass is 500 g/mol. The second kappa shape index (κ2) is 8.73. The fourth-order valence-electron chi connectivity index (χ4n) is 4.64. The van der Waals surface area contributed by atoms with Gasteiger partial charge in [0.05, 0.1) is 18.8 Å². The van der Waals surface area contributed by atoms with E-state index >= 15 is 0 Å². The minimum absolute atomic E-state index is 0.0398. The van der Waals surface area contributed by atoms with Crippen molar-refractivity contribution in [3.05, 3.63) is 40.4 Å². The molecule has 1 aliphatic carbocycles. The molecular formula is C21H24ClF3N6O3. The van der Waals surface area contributed by atoms with Crippen molar-refractivity contribution in [3.8, 4) is 5.69 Å². The van der Waals surface area contributed by atoms with Crippen LogP contribution in [0.5, 0.6) is 0 Å². The van der Waals surface area contributed by atoms with Crippen molar-refractivity contribution in [3.63, 3.8) is 0 Å². The van der Waals surface area contributed by atoms with Gasteiger partial charge in [0.25, 0.3) is 0 Å². The molecule has 13 heteroatoms. The van der Waals surface area contributed by atoms with Gasteiger partial charge in [0, 0.05) is 38.1 Å². The van der Waals surface area contributed by atoms with E-state index < -0.39 is 12.1 Å². The van der Waals surface area contributed by atoms with Crippen molar-refractivity contribution in [2.24, 2.45) is 5.41 Å². The molecule has 3 heterocycles. The van der Waals surface area contributed by atoms with E-state index in [1.54, 1.807) is 23.9 Å². The molecule has 2 N–H and O–H groups in total. The van der Waals surface area contributed by atoms with Crippen LogP contribution in [0.1, 0.15) is 36.0 Å². The first-order valence-electron chi connectivity index (χ1n) is 10.6. The van der Waals surface area contributed by atoms with Crippen LogP contribution >= 0.6 is 11.6 Å². The maximum absolute atomic E-state index is 12.6. The molecule has 2 aromatic rings. The Morgan fingerprint density at radius 3 is 2.38 bits per heavy atom. The van der Waals surface area contributed by atoms with Gasteiger partial charge in [0.15, 0.2) is 5.82 Å². The normalized spacial score (nSPS) is 18.5. The minimum Gasteiger partial charge on any atom is -0.475 e. The highest BCUT2D eigenvalue weighted by molar-refractivity contribution is 6.30. The quantitative estimate of drug-likeness (QED) is 0.624. The zero-order valence-corrected chi connectivity index (χ0v) is 19.3. The number of amides is 2. The molecule has 34 heavy (non-hydrogen) atoms. The van der Waals surface area contributed by atoms with E-state index in [1.807, 2.05) is 18.2 Å². The number of nitrogens with one attached hydrogen (secondary N) is 1. The molecule has 0 radical (unpaired) electrons. The number of aliphatic carboxylic acids is 1. The molecule has 184 valence electrons. The van der Waals surface area contributed by atoms with Crippen LogP contribution in [-0.4, -0.2) is 75.0 Å². The predicted molar refractivity (Wildman–Crippen MR) is 116 cm³/mol. The van der Waals surface area contributed by atoms with Gasteiger partial charge < -0.3 is 20.2 Å². The number of aromatic nitrogens is 3. The SMILES string of the molecule is CN(C)C(=O)N1Cc2cc(Cl)ccc2-n2c(nnc2C2CC3(CNC3)C2)C1.O=C(O)C(F)(F)F. The van der Waals surface area contributed by atoms with Gasteiger partial charge in [0.1, 0.15) is 5.82 Å². The maximum Gasteiger partial charge on any atom is 0.490 e. The van der Waals surface area contributed by atoms with Crippen molar-refractivity contribution in [1.82, 2.24) is 29.9 Å². The van der Waals surface area contributed by atoms with Gasteiger partial charge in [-0.05, 0) is 42.0 Å². The van der Waals surface area contributed by atoms with Gasteiger partial charge in [-0.3, -0.25) is 4.57 Å². The van der Waals surface area contributed by atoms with Crippen LogP contribution in [-0.2, 0) is 17.9 Å². The van der Waals surface area contributed by atoms with E-state index in [0.29, 0.717) is 29.4 Å². The first-order chi connectivity index (χ1) is 15.9. The molecule has 3 aliphatic rings. The summed E-state index contributed by atoms with van der Waals surface area (Å²) in [5.74, 6) is -0.500. The summed E-state index contributed by atoms with van der Waals surface area (Å²) in [5, 5.41) is 20.2. The largest absolute Gasteiger partial charge is 0.490 e. The highest BCUT2D eigenvalue weighted by Crippen LogP contribution is 2.53. The molecule has 1 saturated carbocycles. The lowest BCUT2D eigenvalue weighted by Gasteiger charge is -2.54. The minimum atomic E-state index is -5.08.